The maximum absolute atomic E-state index is 4.06. The van der Waals surface area contributed by atoms with Crippen LogP contribution < -0.4 is 5.32 Å². The molecule has 0 unspecified atom stereocenters. The summed E-state index contributed by atoms with van der Waals surface area (Å²) in [4.78, 5) is 7.05. The standard InChI is InChI=1S/C7H9N5/c1-2-11-12-6(1)10-5-7-8-3-4-9-7/h1-4H,5H2,(H,8,9)(H2,10,11,12). The van der Waals surface area contributed by atoms with Gasteiger partial charge in [0.2, 0.25) is 0 Å². The second-order valence-corrected chi connectivity index (χ2v) is 2.36. The average Bonchev–Trinajstić information content (AvgIpc) is 2.74. The van der Waals surface area contributed by atoms with Gasteiger partial charge >= 0.3 is 0 Å². The lowest BCUT2D eigenvalue weighted by Crippen LogP contribution is -2.01. The number of aromatic amines is 2. The van der Waals surface area contributed by atoms with E-state index in [1.807, 2.05) is 6.07 Å². The summed E-state index contributed by atoms with van der Waals surface area (Å²) in [5.41, 5.74) is 0. The smallest absolute Gasteiger partial charge is 0.125 e. The Hall–Kier alpha value is -1.78. The number of hydrogen-bond acceptors (Lipinski definition) is 3. The highest BCUT2D eigenvalue weighted by atomic mass is 15.2. The first-order valence-corrected chi connectivity index (χ1v) is 3.66. The largest absolute Gasteiger partial charge is 0.363 e. The molecule has 0 aliphatic heterocycles. The fraction of sp³-hybridized carbons (Fsp3) is 0.143. The van der Waals surface area contributed by atoms with Gasteiger partial charge in [-0.2, -0.15) is 5.10 Å². The van der Waals surface area contributed by atoms with Crippen LogP contribution in [0.2, 0.25) is 0 Å². The number of hydrogen-bond donors (Lipinski definition) is 3. The molecule has 2 rings (SSSR count). The van der Waals surface area contributed by atoms with Crippen LogP contribution in [0.25, 0.3) is 0 Å². The van der Waals surface area contributed by atoms with Crippen molar-refractivity contribution in [3.8, 4) is 0 Å². The molecule has 62 valence electrons. The van der Waals surface area contributed by atoms with E-state index in [2.05, 4.69) is 25.5 Å². The molecule has 2 heterocycles. The highest BCUT2D eigenvalue weighted by Crippen LogP contribution is 2.00. The molecule has 0 aromatic carbocycles. The normalized spacial score (nSPS) is 10.0. The van der Waals surface area contributed by atoms with Crippen molar-refractivity contribution in [1.29, 1.82) is 0 Å². The van der Waals surface area contributed by atoms with Crippen molar-refractivity contribution in [3.05, 3.63) is 30.5 Å². The molecule has 0 spiro atoms. The summed E-state index contributed by atoms with van der Waals surface area (Å²) >= 11 is 0. The van der Waals surface area contributed by atoms with E-state index >= 15 is 0 Å². The van der Waals surface area contributed by atoms with Crippen LogP contribution >= 0.6 is 0 Å². The molecule has 2 aromatic heterocycles. The summed E-state index contributed by atoms with van der Waals surface area (Å²) in [5, 5.41) is 9.72. The molecule has 0 amide bonds. The van der Waals surface area contributed by atoms with Gasteiger partial charge in [-0.25, -0.2) is 4.98 Å². The molecule has 0 atom stereocenters. The molecule has 0 radical (unpaired) electrons. The van der Waals surface area contributed by atoms with Crippen LogP contribution in [0.3, 0.4) is 0 Å². The maximum atomic E-state index is 4.06. The molecular weight excluding hydrogens is 154 g/mol. The molecule has 3 N–H and O–H groups in total. The van der Waals surface area contributed by atoms with Crippen molar-refractivity contribution in [1.82, 2.24) is 20.2 Å². The predicted octanol–water partition coefficient (Wildman–Crippen LogP) is 0.745. The Morgan fingerprint density at radius 3 is 3.08 bits per heavy atom. The third-order valence-electron chi connectivity index (χ3n) is 1.50. The molecule has 0 bridgehead atoms. The van der Waals surface area contributed by atoms with Gasteiger partial charge in [0, 0.05) is 12.4 Å². The summed E-state index contributed by atoms with van der Waals surface area (Å²) in [7, 11) is 0. The first-order chi connectivity index (χ1) is 5.95. The molecule has 0 aliphatic carbocycles. The Kier molecular flexibility index (Phi) is 1.77. The van der Waals surface area contributed by atoms with Crippen LogP contribution in [0.5, 0.6) is 0 Å². The molecule has 5 nitrogen and oxygen atoms in total. The van der Waals surface area contributed by atoms with Crippen molar-refractivity contribution in [2.75, 3.05) is 5.32 Å². The SMILES string of the molecule is c1cc(NCc2ncc[nH]2)[nH]n1. The van der Waals surface area contributed by atoms with Crippen LogP contribution in [0.15, 0.2) is 24.7 Å². The lowest BCUT2D eigenvalue weighted by molar-refractivity contribution is 0.977. The van der Waals surface area contributed by atoms with Crippen molar-refractivity contribution in [2.45, 2.75) is 6.54 Å². The fourth-order valence-corrected chi connectivity index (χ4v) is 0.928. The Labute approximate surface area is 69.2 Å². The zero-order chi connectivity index (χ0) is 8.23. The Morgan fingerprint density at radius 2 is 2.42 bits per heavy atom. The number of H-pyrrole nitrogens is 2. The quantitative estimate of drug-likeness (QED) is 0.625. The van der Waals surface area contributed by atoms with E-state index in [0.717, 1.165) is 11.6 Å². The minimum atomic E-state index is 0.676. The number of aromatic nitrogens is 4. The van der Waals surface area contributed by atoms with Gasteiger partial charge < -0.3 is 10.3 Å². The number of nitrogens with one attached hydrogen (secondary N) is 3. The summed E-state index contributed by atoms with van der Waals surface area (Å²) in [6.45, 7) is 0.676. The van der Waals surface area contributed by atoms with Crippen LogP contribution in [-0.2, 0) is 6.54 Å². The summed E-state index contributed by atoms with van der Waals surface area (Å²) in [6, 6.07) is 1.86. The van der Waals surface area contributed by atoms with Gasteiger partial charge in [-0.1, -0.05) is 0 Å². The molecule has 5 heteroatoms. The van der Waals surface area contributed by atoms with E-state index in [-0.39, 0.29) is 0 Å². The molecule has 0 aliphatic rings. The van der Waals surface area contributed by atoms with E-state index in [1.165, 1.54) is 0 Å². The van der Waals surface area contributed by atoms with Crippen LogP contribution in [0.4, 0.5) is 5.82 Å². The molecular formula is C7H9N5. The van der Waals surface area contributed by atoms with Gasteiger partial charge in [0.25, 0.3) is 0 Å². The highest BCUT2D eigenvalue weighted by molar-refractivity contribution is 5.31. The highest BCUT2D eigenvalue weighted by Gasteiger charge is 1.94. The number of rotatable bonds is 3. The predicted molar refractivity (Wildman–Crippen MR) is 44.5 cm³/mol. The van der Waals surface area contributed by atoms with Gasteiger partial charge in [0.05, 0.1) is 12.7 Å². The number of nitrogens with zero attached hydrogens (tertiary/aromatic N) is 2. The van der Waals surface area contributed by atoms with Crippen molar-refractivity contribution in [3.63, 3.8) is 0 Å². The van der Waals surface area contributed by atoms with Crippen molar-refractivity contribution >= 4 is 5.82 Å². The van der Waals surface area contributed by atoms with Gasteiger partial charge in [0.15, 0.2) is 0 Å². The van der Waals surface area contributed by atoms with Gasteiger partial charge in [0.1, 0.15) is 11.6 Å². The molecule has 0 saturated carbocycles. The average molecular weight is 163 g/mol. The first-order valence-electron chi connectivity index (χ1n) is 3.66. The van der Waals surface area contributed by atoms with E-state index < -0.39 is 0 Å². The monoisotopic (exact) mass is 163 g/mol. The van der Waals surface area contributed by atoms with Gasteiger partial charge in [-0.15, -0.1) is 0 Å². The summed E-state index contributed by atoms with van der Waals surface area (Å²) in [6.07, 6.45) is 5.22. The van der Waals surface area contributed by atoms with Crippen LogP contribution in [0, 0.1) is 0 Å². The molecule has 12 heavy (non-hydrogen) atoms. The third-order valence-corrected chi connectivity index (χ3v) is 1.50. The van der Waals surface area contributed by atoms with Crippen LogP contribution in [-0.4, -0.2) is 20.2 Å². The second-order valence-electron chi connectivity index (χ2n) is 2.36. The topological polar surface area (TPSA) is 69.4 Å². The van der Waals surface area contributed by atoms with E-state index in [4.69, 9.17) is 0 Å². The maximum Gasteiger partial charge on any atom is 0.125 e. The van der Waals surface area contributed by atoms with Gasteiger partial charge in [-0.3, -0.25) is 5.10 Å². The third kappa shape index (κ3) is 1.45. The van der Waals surface area contributed by atoms with E-state index in [9.17, 15) is 0 Å². The number of anilines is 1. The fourth-order valence-electron chi connectivity index (χ4n) is 0.928. The van der Waals surface area contributed by atoms with E-state index in [1.54, 1.807) is 18.6 Å². The Balaban J connectivity index is 1.91. The lowest BCUT2D eigenvalue weighted by Gasteiger charge is -1.98. The van der Waals surface area contributed by atoms with Gasteiger partial charge in [-0.05, 0) is 6.07 Å². The second kappa shape index (κ2) is 3.08. The molecule has 0 fully saturated rings. The lowest BCUT2D eigenvalue weighted by atomic mass is 10.5. The Morgan fingerprint density at radius 1 is 1.42 bits per heavy atom. The summed E-state index contributed by atoms with van der Waals surface area (Å²) < 4.78 is 0. The van der Waals surface area contributed by atoms with E-state index in [0.29, 0.717) is 6.54 Å². The minimum absolute atomic E-state index is 0.676. The molecule has 0 saturated heterocycles. The van der Waals surface area contributed by atoms with Crippen molar-refractivity contribution < 1.29 is 0 Å². The first kappa shape index (κ1) is 6.90. The zero-order valence-electron chi connectivity index (χ0n) is 6.41. The summed E-state index contributed by atoms with van der Waals surface area (Å²) in [5.74, 6) is 1.80. The Bertz CT molecular complexity index is 275. The zero-order valence-corrected chi connectivity index (χ0v) is 6.41. The number of imidazole rings is 1. The minimum Gasteiger partial charge on any atom is -0.363 e. The van der Waals surface area contributed by atoms with Crippen molar-refractivity contribution in [2.24, 2.45) is 0 Å². The molecule has 2 aromatic rings. The van der Waals surface area contributed by atoms with Crippen LogP contribution in [0.1, 0.15) is 5.82 Å².